The third kappa shape index (κ3) is 2.40. The minimum Gasteiger partial charge on any atom is -0.465 e. The van der Waals surface area contributed by atoms with Gasteiger partial charge in [-0.3, -0.25) is 4.79 Å². The fourth-order valence-corrected chi connectivity index (χ4v) is 2.10. The van der Waals surface area contributed by atoms with Gasteiger partial charge in [0.25, 0.3) is 0 Å². The maximum Gasteiger partial charge on any atom is 0.316 e. The van der Waals surface area contributed by atoms with Crippen LogP contribution in [0.5, 0.6) is 0 Å². The fraction of sp³-hybridized carbons (Fsp3) is 0.400. The summed E-state index contributed by atoms with van der Waals surface area (Å²) in [7, 11) is 0. The van der Waals surface area contributed by atoms with E-state index in [1.54, 1.807) is 0 Å². The molecular formula is C15H18O3. The molecule has 1 atom stereocenters. The average molecular weight is 246 g/mol. The maximum atomic E-state index is 12.0. The van der Waals surface area contributed by atoms with Crippen LogP contribution in [0.2, 0.25) is 0 Å². The van der Waals surface area contributed by atoms with Crippen LogP contribution in [0, 0.1) is 5.92 Å². The molecule has 2 rings (SSSR count). The van der Waals surface area contributed by atoms with E-state index in [2.05, 4.69) is 0 Å². The van der Waals surface area contributed by atoms with Crippen molar-refractivity contribution < 1.29 is 13.9 Å². The molecule has 0 saturated heterocycles. The van der Waals surface area contributed by atoms with Crippen LogP contribution in [0.4, 0.5) is 0 Å². The van der Waals surface area contributed by atoms with Crippen molar-refractivity contribution in [3.05, 3.63) is 36.1 Å². The van der Waals surface area contributed by atoms with E-state index in [1.807, 2.05) is 51.1 Å². The summed E-state index contributed by atoms with van der Waals surface area (Å²) in [6.45, 7) is 6.19. The molecule has 1 heterocycles. The van der Waals surface area contributed by atoms with Gasteiger partial charge in [-0.2, -0.15) is 0 Å². The predicted octanol–water partition coefficient (Wildman–Crippen LogP) is 3.74. The number of carbonyl (C=O) groups is 1. The van der Waals surface area contributed by atoms with Crippen molar-refractivity contribution in [1.29, 1.82) is 0 Å². The van der Waals surface area contributed by atoms with Crippen LogP contribution in [0.25, 0.3) is 11.0 Å². The first-order valence-electron chi connectivity index (χ1n) is 6.28. The van der Waals surface area contributed by atoms with Gasteiger partial charge in [0, 0.05) is 5.39 Å². The highest BCUT2D eigenvalue weighted by molar-refractivity contribution is 5.82. The van der Waals surface area contributed by atoms with E-state index in [0.717, 1.165) is 11.0 Å². The van der Waals surface area contributed by atoms with Gasteiger partial charge in [0.1, 0.15) is 17.3 Å². The lowest BCUT2D eigenvalue weighted by molar-refractivity contribution is -0.146. The molecule has 1 aromatic heterocycles. The molecule has 3 heteroatoms. The molecule has 2 aromatic rings. The lowest BCUT2D eigenvalue weighted by atomic mass is 9.93. The Bertz CT molecular complexity index is 506. The van der Waals surface area contributed by atoms with Crippen LogP contribution in [-0.2, 0) is 9.53 Å². The fourth-order valence-electron chi connectivity index (χ4n) is 2.10. The lowest BCUT2D eigenvalue weighted by Crippen LogP contribution is -2.20. The molecule has 18 heavy (non-hydrogen) atoms. The van der Waals surface area contributed by atoms with E-state index < -0.39 is 0 Å². The van der Waals surface area contributed by atoms with Crippen LogP contribution in [-0.4, -0.2) is 12.6 Å². The predicted molar refractivity (Wildman–Crippen MR) is 70.4 cm³/mol. The van der Waals surface area contributed by atoms with E-state index in [-0.39, 0.29) is 17.8 Å². The van der Waals surface area contributed by atoms with Crippen LogP contribution in [0.15, 0.2) is 34.7 Å². The standard InChI is InChI=1S/C15H18O3/c1-4-17-15(16)14(10(2)3)13-9-11-7-5-6-8-12(11)18-13/h5-10,14H,4H2,1-3H3. The molecule has 96 valence electrons. The molecule has 1 aromatic carbocycles. The summed E-state index contributed by atoms with van der Waals surface area (Å²) in [5.74, 6) is 0.276. The number of para-hydroxylation sites is 1. The Kier molecular flexibility index (Phi) is 3.70. The van der Waals surface area contributed by atoms with E-state index in [0.29, 0.717) is 12.4 Å². The number of carbonyl (C=O) groups excluding carboxylic acids is 1. The molecule has 0 aliphatic carbocycles. The highest BCUT2D eigenvalue weighted by Crippen LogP contribution is 2.30. The Morgan fingerprint density at radius 3 is 2.67 bits per heavy atom. The Morgan fingerprint density at radius 2 is 2.06 bits per heavy atom. The van der Waals surface area contributed by atoms with Crippen LogP contribution >= 0.6 is 0 Å². The van der Waals surface area contributed by atoms with Crippen molar-refractivity contribution >= 4 is 16.9 Å². The molecule has 0 aliphatic heterocycles. The second-order valence-electron chi connectivity index (χ2n) is 4.66. The molecule has 3 nitrogen and oxygen atoms in total. The number of fused-ring (bicyclic) bond motifs is 1. The third-order valence-electron chi connectivity index (χ3n) is 2.96. The normalized spacial score (nSPS) is 12.9. The number of hydrogen-bond acceptors (Lipinski definition) is 3. The van der Waals surface area contributed by atoms with Gasteiger partial charge in [-0.15, -0.1) is 0 Å². The van der Waals surface area contributed by atoms with Gasteiger partial charge in [-0.05, 0) is 25.0 Å². The first-order chi connectivity index (χ1) is 8.63. The van der Waals surface area contributed by atoms with Crippen molar-refractivity contribution in [2.45, 2.75) is 26.7 Å². The molecule has 0 radical (unpaired) electrons. The zero-order valence-electron chi connectivity index (χ0n) is 11.0. The SMILES string of the molecule is CCOC(=O)C(c1cc2ccccc2o1)C(C)C. The van der Waals surface area contributed by atoms with Gasteiger partial charge in [0.2, 0.25) is 0 Å². The summed E-state index contributed by atoms with van der Waals surface area (Å²) in [5, 5.41) is 1.02. The van der Waals surface area contributed by atoms with E-state index in [9.17, 15) is 4.79 Å². The average Bonchev–Trinajstić information content (AvgIpc) is 2.71. The number of rotatable bonds is 4. The highest BCUT2D eigenvalue weighted by atomic mass is 16.5. The summed E-state index contributed by atoms with van der Waals surface area (Å²) in [6, 6.07) is 9.68. The van der Waals surface area contributed by atoms with Crippen molar-refractivity contribution in [2.75, 3.05) is 6.61 Å². The Balaban J connectivity index is 2.38. The van der Waals surface area contributed by atoms with Crippen molar-refractivity contribution in [1.82, 2.24) is 0 Å². The molecule has 1 unspecified atom stereocenters. The maximum absolute atomic E-state index is 12.0. The number of benzene rings is 1. The molecule has 0 saturated carbocycles. The van der Waals surface area contributed by atoms with Crippen LogP contribution in [0.1, 0.15) is 32.4 Å². The number of furan rings is 1. The van der Waals surface area contributed by atoms with Gasteiger partial charge < -0.3 is 9.15 Å². The zero-order valence-corrected chi connectivity index (χ0v) is 11.0. The first kappa shape index (κ1) is 12.7. The molecule has 0 N–H and O–H groups in total. The van der Waals surface area contributed by atoms with Gasteiger partial charge >= 0.3 is 5.97 Å². The Labute approximate surface area is 107 Å². The smallest absolute Gasteiger partial charge is 0.316 e. The second kappa shape index (κ2) is 5.25. The van der Waals surface area contributed by atoms with Crippen molar-refractivity contribution in [3.63, 3.8) is 0 Å². The quantitative estimate of drug-likeness (QED) is 0.771. The minimum atomic E-state index is -0.336. The Morgan fingerprint density at radius 1 is 1.33 bits per heavy atom. The van der Waals surface area contributed by atoms with Gasteiger partial charge in [-0.1, -0.05) is 32.0 Å². The first-order valence-corrected chi connectivity index (χ1v) is 6.28. The van der Waals surface area contributed by atoms with Crippen LogP contribution < -0.4 is 0 Å². The van der Waals surface area contributed by atoms with E-state index >= 15 is 0 Å². The Hall–Kier alpha value is -1.77. The zero-order chi connectivity index (χ0) is 13.1. The third-order valence-corrected chi connectivity index (χ3v) is 2.96. The molecule has 0 aliphatic rings. The topological polar surface area (TPSA) is 39.4 Å². The number of ether oxygens (including phenoxy) is 1. The molecule has 0 amide bonds. The molecule has 0 fully saturated rings. The lowest BCUT2D eigenvalue weighted by Gasteiger charge is -2.16. The molecule has 0 bridgehead atoms. The van der Waals surface area contributed by atoms with Gasteiger partial charge in [0.05, 0.1) is 6.61 Å². The van der Waals surface area contributed by atoms with Crippen molar-refractivity contribution in [2.24, 2.45) is 5.92 Å². The summed E-state index contributed by atoms with van der Waals surface area (Å²) >= 11 is 0. The van der Waals surface area contributed by atoms with E-state index in [4.69, 9.17) is 9.15 Å². The molecular weight excluding hydrogens is 228 g/mol. The summed E-state index contributed by atoms with van der Waals surface area (Å²) in [4.78, 5) is 12.0. The summed E-state index contributed by atoms with van der Waals surface area (Å²) in [5.41, 5.74) is 0.808. The number of esters is 1. The van der Waals surface area contributed by atoms with Crippen LogP contribution in [0.3, 0.4) is 0 Å². The summed E-state index contributed by atoms with van der Waals surface area (Å²) in [6.07, 6.45) is 0. The van der Waals surface area contributed by atoms with E-state index in [1.165, 1.54) is 0 Å². The van der Waals surface area contributed by atoms with Gasteiger partial charge in [-0.25, -0.2) is 0 Å². The number of hydrogen-bond donors (Lipinski definition) is 0. The largest absolute Gasteiger partial charge is 0.465 e. The van der Waals surface area contributed by atoms with Crippen molar-refractivity contribution in [3.8, 4) is 0 Å². The monoisotopic (exact) mass is 246 g/mol. The second-order valence-corrected chi connectivity index (χ2v) is 4.66. The summed E-state index contributed by atoms with van der Waals surface area (Å²) < 4.78 is 10.9. The molecule has 0 spiro atoms. The minimum absolute atomic E-state index is 0.143. The van der Waals surface area contributed by atoms with Gasteiger partial charge in [0.15, 0.2) is 0 Å². The highest BCUT2D eigenvalue weighted by Gasteiger charge is 2.28.